The second-order valence-electron chi connectivity index (χ2n) is 5.48. The number of amides is 1. The average Bonchev–Trinajstić information content (AvgIpc) is 3.11. The van der Waals surface area contributed by atoms with Crippen LogP contribution in [0.15, 0.2) is 44.2 Å². The Morgan fingerprint density at radius 2 is 2.14 bits per heavy atom. The van der Waals surface area contributed by atoms with Gasteiger partial charge in [-0.3, -0.25) is 9.78 Å². The molecule has 0 spiro atoms. The molecule has 5 nitrogen and oxygen atoms in total. The van der Waals surface area contributed by atoms with Gasteiger partial charge in [-0.25, -0.2) is 4.79 Å². The largest absolute Gasteiger partial charge is 0.417 e. The molecule has 1 aromatic carbocycles. The third-order valence-electron chi connectivity index (χ3n) is 3.54. The van der Waals surface area contributed by atoms with E-state index in [1.54, 1.807) is 18.2 Å². The number of carbonyl (C=O) groups is 1. The Bertz CT molecular complexity index is 846. The minimum Gasteiger partial charge on any atom is -0.408 e. The highest BCUT2D eigenvalue weighted by Gasteiger charge is 2.20. The zero-order valence-electron chi connectivity index (χ0n) is 12.3. The molecule has 22 heavy (non-hydrogen) atoms. The number of aromatic nitrogens is 1. The van der Waals surface area contributed by atoms with E-state index >= 15 is 0 Å². The molecule has 0 aliphatic carbocycles. The molecule has 0 saturated heterocycles. The summed E-state index contributed by atoms with van der Waals surface area (Å²) in [5.41, 5.74) is 2.72. The molecule has 3 rings (SSSR count). The van der Waals surface area contributed by atoms with Crippen LogP contribution in [0.3, 0.4) is 0 Å². The SMILES string of the molecule is CC(C)[C@H](NC(=O)c1ccsc1)c1ccc2[nH]c(=O)oc2c1. The molecule has 0 unspecified atom stereocenters. The van der Waals surface area contributed by atoms with Crippen LogP contribution >= 0.6 is 11.3 Å². The number of oxazole rings is 1. The van der Waals surface area contributed by atoms with Crippen molar-refractivity contribution in [1.29, 1.82) is 0 Å². The Hall–Kier alpha value is -2.34. The van der Waals surface area contributed by atoms with Crippen LogP contribution in [-0.2, 0) is 0 Å². The number of hydrogen-bond acceptors (Lipinski definition) is 4. The van der Waals surface area contributed by atoms with Gasteiger partial charge in [-0.05, 0) is 35.1 Å². The highest BCUT2D eigenvalue weighted by atomic mass is 32.1. The number of benzene rings is 1. The van der Waals surface area contributed by atoms with Crippen LogP contribution in [0.25, 0.3) is 11.1 Å². The standard InChI is InChI=1S/C16H16N2O3S/c1-9(2)14(18-15(19)11-5-6-22-8-11)10-3-4-12-13(7-10)21-16(20)17-12/h3-9,14H,1-2H3,(H,17,20)(H,18,19)/t14-/m0/s1. The summed E-state index contributed by atoms with van der Waals surface area (Å²) in [6, 6.07) is 7.13. The number of hydrogen-bond donors (Lipinski definition) is 2. The van der Waals surface area contributed by atoms with E-state index in [4.69, 9.17) is 4.42 Å². The summed E-state index contributed by atoms with van der Waals surface area (Å²) in [5, 5.41) is 6.74. The molecule has 6 heteroatoms. The van der Waals surface area contributed by atoms with Crippen molar-refractivity contribution in [2.75, 3.05) is 0 Å². The van der Waals surface area contributed by atoms with Gasteiger partial charge in [0.25, 0.3) is 5.91 Å². The fraction of sp³-hybridized carbons (Fsp3) is 0.250. The van der Waals surface area contributed by atoms with Gasteiger partial charge < -0.3 is 9.73 Å². The Kier molecular flexibility index (Phi) is 3.85. The molecular weight excluding hydrogens is 300 g/mol. The average molecular weight is 316 g/mol. The highest BCUT2D eigenvalue weighted by molar-refractivity contribution is 7.08. The number of carbonyl (C=O) groups excluding carboxylic acids is 1. The first-order chi connectivity index (χ1) is 10.5. The van der Waals surface area contributed by atoms with Crippen molar-refractivity contribution in [2.45, 2.75) is 19.9 Å². The topological polar surface area (TPSA) is 75.1 Å². The van der Waals surface area contributed by atoms with Gasteiger partial charge in [0.2, 0.25) is 0 Å². The van der Waals surface area contributed by atoms with E-state index in [1.165, 1.54) is 11.3 Å². The molecule has 0 aliphatic rings. The first-order valence-electron chi connectivity index (χ1n) is 7.00. The number of fused-ring (bicyclic) bond motifs is 1. The minimum absolute atomic E-state index is 0.101. The molecule has 1 amide bonds. The molecule has 0 bridgehead atoms. The summed E-state index contributed by atoms with van der Waals surface area (Å²) < 4.78 is 5.09. The third-order valence-corrected chi connectivity index (χ3v) is 4.22. The van der Waals surface area contributed by atoms with E-state index in [0.717, 1.165) is 5.56 Å². The van der Waals surface area contributed by atoms with Crippen LogP contribution in [0.1, 0.15) is 35.8 Å². The van der Waals surface area contributed by atoms with Crippen LogP contribution in [0, 0.1) is 5.92 Å². The molecule has 0 saturated carbocycles. The summed E-state index contributed by atoms with van der Waals surface area (Å²) in [7, 11) is 0. The Balaban J connectivity index is 1.92. The molecule has 2 N–H and O–H groups in total. The van der Waals surface area contributed by atoms with E-state index < -0.39 is 5.76 Å². The second kappa shape index (κ2) is 5.81. The molecule has 2 aromatic heterocycles. The lowest BCUT2D eigenvalue weighted by molar-refractivity contribution is 0.0926. The highest BCUT2D eigenvalue weighted by Crippen LogP contribution is 2.25. The van der Waals surface area contributed by atoms with Gasteiger partial charge >= 0.3 is 5.76 Å². The van der Waals surface area contributed by atoms with Crippen LogP contribution in [0.4, 0.5) is 0 Å². The maximum Gasteiger partial charge on any atom is 0.417 e. The number of thiophene rings is 1. The van der Waals surface area contributed by atoms with Gasteiger partial charge in [0, 0.05) is 5.38 Å². The van der Waals surface area contributed by atoms with Crippen molar-refractivity contribution < 1.29 is 9.21 Å². The van der Waals surface area contributed by atoms with Crippen molar-refractivity contribution in [2.24, 2.45) is 5.92 Å². The first-order valence-corrected chi connectivity index (χ1v) is 7.94. The Morgan fingerprint density at radius 1 is 1.32 bits per heavy atom. The number of H-pyrrole nitrogens is 1. The number of aromatic amines is 1. The summed E-state index contributed by atoms with van der Waals surface area (Å²) in [6.45, 7) is 4.08. The second-order valence-corrected chi connectivity index (χ2v) is 6.26. The molecular formula is C16H16N2O3S. The van der Waals surface area contributed by atoms with Crippen molar-refractivity contribution in [3.8, 4) is 0 Å². The minimum atomic E-state index is -0.476. The van der Waals surface area contributed by atoms with Gasteiger partial charge in [0.05, 0.1) is 17.1 Å². The van der Waals surface area contributed by atoms with Crippen molar-refractivity contribution in [3.05, 3.63) is 56.7 Å². The molecule has 114 valence electrons. The van der Waals surface area contributed by atoms with Gasteiger partial charge in [-0.15, -0.1) is 0 Å². The van der Waals surface area contributed by atoms with Crippen LogP contribution < -0.4 is 11.1 Å². The van der Waals surface area contributed by atoms with E-state index in [9.17, 15) is 9.59 Å². The van der Waals surface area contributed by atoms with Gasteiger partial charge in [0.1, 0.15) is 0 Å². The molecule has 0 aliphatic heterocycles. The lowest BCUT2D eigenvalue weighted by Crippen LogP contribution is -2.31. The van der Waals surface area contributed by atoms with E-state index in [2.05, 4.69) is 10.3 Å². The molecule has 1 atom stereocenters. The van der Waals surface area contributed by atoms with Gasteiger partial charge in [-0.2, -0.15) is 11.3 Å². The predicted octanol–water partition coefficient (Wildman–Crippen LogP) is 3.31. The van der Waals surface area contributed by atoms with E-state index in [0.29, 0.717) is 16.7 Å². The van der Waals surface area contributed by atoms with Crippen LogP contribution in [0.2, 0.25) is 0 Å². The molecule has 3 aromatic rings. The quantitative estimate of drug-likeness (QED) is 0.775. The van der Waals surface area contributed by atoms with Gasteiger partial charge in [0.15, 0.2) is 5.58 Å². The summed E-state index contributed by atoms with van der Waals surface area (Å²) in [6.07, 6.45) is 0. The maximum absolute atomic E-state index is 12.3. The normalized spacial score (nSPS) is 12.7. The Labute approximate surface area is 131 Å². The number of rotatable bonds is 4. The lowest BCUT2D eigenvalue weighted by atomic mass is 9.95. The first kappa shape index (κ1) is 14.6. The van der Waals surface area contributed by atoms with Crippen molar-refractivity contribution in [3.63, 3.8) is 0 Å². The maximum atomic E-state index is 12.3. The van der Waals surface area contributed by atoms with Crippen LogP contribution in [-0.4, -0.2) is 10.9 Å². The fourth-order valence-electron chi connectivity index (χ4n) is 2.41. The third kappa shape index (κ3) is 2.82. The summed E-state index contributed by atoms with van der Waals surface area (Å²) >= 11 is 1.49. The predicted molar refractivity (Wildman–Crippen MR) is 86.2 cm³/mol. The summed E-state index contributed by atoms with van der Waals surface area (Å²) in [5.74, 6) is -0.378. The fourth-order valence-corrected chi connectivity index (χ4v) is 3.04. The van der Waals surface area contributed by atoms with Crippen LogP contribution in [0.5, 0.6) is 0 Å². The summed E-state index contributed by atoms with van der Waals surface area (Å²) in [4.78, 5) is 26.1. The van der Waals surface area contributed by atoms with E-state index in [1.807, 2.05) is 30.7 Å². The lowest BCUT2D eigenvalue weighted by Gasteiger charge is -2.22. The van der Waals surface area contributed by atoms with E-state index in [-0.39, 0.29) is 17.9 Å². The van der Waals surface area contributed by atoms with Crippen molar-refractivity contribution in [1.82, 2.24) is 10.3 Å². The van der Waals surface area contributed by atoms with Crippen molar-refractivity contribution >= 4 is 28.3 Å². The monoisotopic (exact) mass is 316 g/mol. The smallest absolute Gasteiger partial charge is 0.408 e. The molecule has 0 radical (unpaired) electrons. The Morgan fingerprint density at radius 3 is 2.82 bits per heavy atom. The number of nitrogens with one attached hydrogen (secondary N) is 2. The molecule has 2 heterocycles. The van der Waals surface area contributed by atoms with Gasteiger partial charge in [-0.1, -0.05) is 19.9 Å². The zero-order chi connectivity index (χ0) is 15.7. The molecule has 0 fully saturated rings. The zero-order valence-corrected chi connectivity index (χ0v) is 13.1.